The molecule has 0 aliphatic heterocycles. The SMILES string of the molecule is CC(C)CC(=O)c1c(CC(C)(C)C(=O)O)n(Cc2ccc(-c3ccc(F)cn3)cc2)c2ccc(OCc3ccc4ccccc4n3)cc12. The Labute approximate surface area is 279 Å². The molecule has 6 aromatic rings. The van der Waals surface area contributed by atoms with Gasteiger partial charge in [-0.3, -0.25) is 14.6 Å². The number of carbonyl (C=O) groups is 2. The second kappa shape index (κ2) is 13.4. The molecule has 6 rings (SSSR count). The molecule has 0 radical (unpaired) electrons. The molecule has 3 heterocycles. The van der Waals surface area contributed by atoms with Crippen LogP contribution in [0.3, 0.4) is 0 Å². The zero-order chi connectivity index (χ0) is 34.0. The van der Waals surface area contributed by atoms with E-state index in [0.29, 0.717) is 35.7 Å². The minimum absolute atomic E-state index is 0.0315. The lowest BCUT2D eigenvalue weighted by molar-refractivity contribution is -0.146. The summed E-state index contributed by atoms with van der Waals surface area (Å²) in [5.41, 5.74) is 5.04. The van der Waals surface area contributed by atoms with Crippen molar-refractivity contribution in [1.29, 1.82) is 0 Å². The second-order valence-corrected chi connectivity index (χ2v) is 13.3. The molecule has 8 heteroatoms. The Bertz CT molecular complexity index is 2120. The van der Waals surface area contributed by atoms with Crippen LogP contribution in [0, 0.1) is 17.2 Å². The fraction of sp³-hybridized carbons (Fsp3) is 0.250. The zero-order valence-electron chi connectivity index (χ0n) is 27.5. The fourth-order valence-electron chi connectivity index (χ4n) is 5.97. The van der Waals surface area contributed by atoms with Gasteiger partial charge in [0.2, 0.25) is 0 Å². The summed E-state index contributed by atoms with van der Waals surface area (Å²) in [6.07, 6.45) is 1.67. The summed E-state index contributed by atoms with van der Waals surface area (Å²) < 4.78 is 21.7. The number of ether oxygens (including phenoxy) is 1. The molecule has 3 aromatic heterocycles. The van der Waals surface area contributed by atoms with Crippen LogP contribution in [0.1, 0.15) is 61.4 Å². The van der Waals surface area contributed by atoms with Crippen LogP contribution in [-0.4, -0.2) is 31.4 Å². The molecule has 3 aromatic carbocycles. The Balaban J connectivity index is 1.41. The van der Waals surface area contributed by atoms with Gasteiger partial charge in [-0.25, -0.2) is 9.37 Å². The molecule has 7 nitrogen and oxygen atoms in total. The summed E-state index contributed by atoms with van der Waals surface area (Å²) in [7, 11) is 0. The lowest BCUT2D eigenvalue weighted by Crippen LogP contribution is -2.28. The molecule has 0 fully saturated rings. The van der Waals surface area contributed by atoms with Crippen molar-refractivity contribution in [1.82, 2.24) is 14.5 Å². The lowest BCUT2D eigenvalue weighted by atomic mass is 9.85. The van der Waals surface area contributed by atoms with Gasteiger partial charge in [-0.1, -0.05) is 62.4 Å². The Morgan fingerprint density at radius 2 is 1.73 bits per heavy atom. The van der Waals surface area contributed by atoms with Crippen molar-refractivity contribution in [3.8, 4) is 17.0 Å². The molecular weight excluding hydrogens is 605 g/mol. The highest BCUT2D eigenvalue weighted by Gasteiger charge is 2.33. The van der Waals surface area contributed by atoms with Gasteiger partial charge in [-0.05, 0) is 67.8 Å². The van der Waals surface area contributed by atoms with Crippen LogP contribution >= 0.6 is 0 Å². The zero-order valence-corrected chi connectivity index (χ0v) is 27.5. The first-order chi connectivity index (χ1) is 23.0. The molecular formula is C40H38FN3O4. The van der Waals surface area contributed by atoms with Gasteiger partial charge in [0, 0.05) is 52.5 Å². The first-order valence-electron chi connectivity index (χ1n) is 16.1. The van der Waals surface area contributed by atoms with Crippen molar-refractivity contribution >= 4 is 33.6 Å². The van der Waals surface area contributed by atoms with Crippen LogP contribution in [-0.2, 0) is 24.4 Å². The van der Waals surface area contributed by atoms with Gasteiger partial charge >= 0.3 is 5.97 Å². The third-order valence-electron chi connectivity index (χ3n) is 8.56. The maximum Gasteiger partial charge on any atom is 0.309 e. The van der Waals surface area contributed by atoms with Crippen LogP contribution in [0.4, 0.5) is 4.39 Å². The standard InChI is InChI=1S/C40H38FN3O4/c1-25(2)19-37(45)38-32-20-31(48-24-30-15-13-27-7-5-6-8-34(27)43-30)16-18-35(32)44(36(38)21-40(3,4)39(46)47)23-26-9-11-28(12-10-26)33-17-14-29(41)22-42-33/h5-18,20,22,25H,19,21,23-24H2,1-4H3,(H,46,47). The maximum atomic E-state index is 14.0. The molecule has 0 unspecified atom stereocenters. The van der Waals surface area contributed by atoms with Gasteiger partial charge < -0.3 is 14.4 Å². The Morgan fingerprint density at radius 3 is 2.44 bits per heavy atom. The lowest BCUT2D eigenvalue weighted by Gasteiger charge is -2.22. The predicted molar refractivity (Wildman–Crippen MR) is 186 cm³/mol. The predicted octanol–water partition coefficient (Wildman–Crippen LogP) is 8.90. The first kappa shape index (κ1) is 32.6. The number of carboxylic acids is 1. The number of carboxylic acid groups (broad SMARTS) is 1. The number of aliphatic carboxylic acids is 1. The Hall–Kier alpha value is -5.37. The number of nitrogens with zero attached hydrogens (tertiary/aromatic N) is 3. The molecule has 0 saturated heterocycles. The summed E-state index contributed by atoms with van der Waals surface area (Å²) >= 11 is 0. The van der Waals surface area contributed by atoms with E-state index in [9.17, 15) is 19.1 Å². The number of hydrogen-bond acceptors (Lipinski definition) is 5. The number of benzene rings is 3. The number of fused-ring (bicyclic) bond motifs is 2. The number of pyridine rings is 2. The van der Waals surface area contributed by atoms with E-state index in [1.807, 2.05) is 92.7 Å². The van der Waals surface area contributed by atoms with Crippen LogP contribution < -0.4 is 4.74 Å². The number of carbonyl (C=O) groups excluding carboxylic acids is 1. The van der Waals surface area contributed by atoms with E-state index in [1.54, 1.807) is 19.9 Å². The molecule has 0 aliphatic carbocycles. The van der Waals surface area contributed by atoms with Gasteiger partial charge in [-0.2, -0.15) is 0 Å². The highest BCUT2D eigenvalue weighted by atomic mass is 19.1. The largest absolute Gasteiger partial charge is 0.487 e. The Morgan fingerprint density at radius 1 is 0.958 bits per heavy atom. The molecule has 0 bridgehead atoms. The highest BCUT2D eigenvalue weighted by molar-refractivity contribution is 6.10. The number of Topliss-reactive ketones (excluding diaryl/α,β-unsaturated/α-hetero) is 1. The first-order valence-corrected chi connectivity index (χ1v) is 16.1. The van der Waals surface area contributed by atoms with E-state index in [4.69, 9.17) is 9.72 Å². The van der Waals surface area contributed by atoms with E-state index in [2.05, 4.69) is 9.55 Å². The van der Waals surface area contributed by atoms with Gasteiger partial charge in [0.1, 0.15) is 18.2 Å². The van der Waals surface area contributed by atoms with Crippen LogP contribution in [0.5, 0.6) is 5.75 Å². The molecule has 0 aliphatic rings. The minimum atomic E-state index is -1.13. The molecule has 0 spiro atoms. The summed E-state index contributed by atoms with van der Waals surface area (Å²) in [6, 6.07) is 28.4. The van der Waals surface area contributed by atoms with E-state index in [-0.39, 0.29) is 24.7 Å². The normalized spacial score (nSPS) is 11.8. The molecule has 0 atom stereocenters. The number of halogens is 1. The van der Waals surface area contributed by atoms with Gasteiger partial charge in [0.05, 0.1) is 28.5 Å². The van der Waals surface area contributed by atoms with E-state index in [0.717, 1.165) is 38.6 Å². The second-order valence-electron chi connectivity index (χ2n) is 13.3. The number of aromatic nitrogens is 3. The molecule has 0 amide bonds. The molecule has 48 heavy (non-hydrogen) atoms. The maximum absolute atomic E-state index is 14.0. The Kier molecular flexibility index (Phi) is 9.09. The average Bonchev–Trinajstić information content (AvgIpc) is 3.35. The summed E-state index contributed by atoms with van der Waals surface area (Å²) in [5.74, 6) is -0.662. The van der Waals surface area contributed by atoms with Crippen molar-refractivity contribution in [3.05, 3.63) is 126 Å². The highest BCUT2D eigenvalue weighted by Crippen LogP contribution is 2.36. The monoisotopic (exact) mass is 643 g/mol. The number of para-hydroxylation sites is 1. The average molecular weight is 644 g/mol. The summed E-state index contributed by atoms with van der Waals surface area (Å²) in [5, 5.41) is 11.9. The van der Waals surface area contributed by atoms with Crippen LogP contribution in [0.25, 0.3) is 33.1 Å². The topological polar surface area (TPSA) is 94.3 Å². The van der Waals surface area contributed by atoms with Crippen molar-refractivity contribution in [2.45, 2.75) is 53.7 Å². The van der Waals surface area contributed by atoms with Gasteiger partial charge in [-0.15, -0.1) is 0 Å². The van der Waals surface area contributed by atoms with E-state index < -0.39 is 17.2 Å². The van der Waals surface area contributed by atoms with Crippen LogP contribution in [0.2, 0.25) is 0 Å². The van der Waals surface area contributed by atoms with Gasteiger partial charge in [0.25, 0.3) is 0 Å². The van der Waals surface area contributed by atoms with Crippen molar-refractivity contribution < 1.29 is 23.8 Å². The number of ketones is 1. The van der Waals surface area contributed by atoms with E-state index in [1.165, 1.54) is 12.3 Å². The van der Waals surface area contributed by atoms with Crippen LogP contribution in [0.15, 0.2) is 97.2 Å². The number of rotatable bonds is 12. The third-order valence-corrected chi connectivity index (χ3v) is 8.56. The molecule has 1 N–H and O–H groups in total. The quantitative estimate of drug-likeness (QED) is 0.134. The summed E-state index contributed by atoms with van der Waals surface area (Å²) in [6.45, 7) is 8.03. The van der Waals surface area contributed by atoms with Crippen molar-refractivity contribution in [3.63, 3.8) is 0 Å². The number of hydrogen-bond donors (Lipinski definition) is 1. The molecule has 244 valence electrons. The fourth-order valence-corrected chi connectivity index (χ4v) is 5.97. The summed E-state index contributed by atoms with van der Waals surface area (Å²) in [4.78, 5) is 35.3. The minimum Gasteiger partial charge on any atom is -0.487 e. The van der Waals surface area contributed by atoms with Crippen molar-refractivity contribution in [2.75, 3.05) is 0 Å². The van der Waals surface area contributed by atoms with Crippen molar-refractivity contribution in [2.24, 2.45) is 11.3 Å². The third kappa shape index (κ3) is 6.98. The van der Waals surface area contributed by atoms with E-state index >= 15 is 0 Å². The van der Waals surface area contributed by atoms with Gasteiger partial charge in [0.15, 0.2) is 5.78 Å². The molecule has 0 saturated carbocycles. The smallest absolute Gasteiger partial charge is 0.309 e.